The lowest BCUT2D eigenvalue weighted by Gasteiger charge is -2.28. The Labute approximate surface area is 129 Å². The zero-order valence-corrected chi connectivity index (χ0v) is 12.6. The average Bonchev–Trinajstić information content (AvgIpc) is 3.04. The van der Waals surface area contributed by atoms with Gasteiger partial charge in [-0.1, -0.05) is 36.4 Å². The lowest BCUT2D eigenvalue weighted by atomic mass is 9.94. The molecule has 4 nitrogen and oxygen atoms in total. The van der Waals surface area contributed by atoms with E-state index in [1.165, 1.54) is 0 Å². The van der Waals surface area contributed by atoms with Crippen molar-refractivity contribution in [2.45, 2.75) is 37.4 Å². The first kappa shape index (κ1) is 12.5. The van der Waals surface area contributed by atoms with Gasteiger partial charge in [-0.05, 0) is 26.0 Å². The highest BCUT2D eigenvalue weighted by Gasteiger charge is 2.64. The number of benzene rings is 2. The zero-order chi connectivity index (χ0) is 15.1. The molecule has 1 fully saturated rings. The smallest absolute Gasteiger partial charge is 0.166 e. The molecule has 4 atom stereocenters. The zero-order valence-electron chi connectivity index (χ0n) is 12.6. The van der Waals surface area contributed by atoms with Gasteiger partial charge in [-0.25, -0.2) is 0 Å². The van der Waals surface area contributed by atoms with E-state index in [1.54, 1.807) is 0 Å². The molecule has 3 aliphatic rings. The van der Waals surface area contributed by atoms with E-state index in [0.717, 1.165) is 22.5 Å². The topological polar surface area (TPSA) is 44.7 Å². The molecule has 0 radical (unpaired) electrons. The Morgan fingerprint density at radius 2 is 1.73 bits per heavy atom. The summed E-state index contributed by atoms with van der Waals surface area (Å²) >= 11 is 0. The number of ether oxygens (including phenoxy) is 1. The fourth-order valence-electron chi connectivity index (χ4n) is 4.27. The van der Waals surface area contributed by atoms with E-state index in [4.69, 9.17) is 4.74 Å². The van der Waals surface area contributed by atoms with Gasteiger partial charge in [-0.15, -0.1) is 0 Å². The van der Waals surface area contributed by atoms with E-state index in [-0.39, 0.29) is 12.4 Å². The minimum atomic E-state index is -1.01. The summed E-state index contributed by atoms with van der Waals surface area (Å²) in [5, 5.41) is 14.6. The van der Waals surface area contributed by atoms with Gasteiger partial charge in [0, 0.05) is 22.5 Å². The van der Waals surface area contributed by atoms with Crippen molar-refractivity contribution in [1.82, 2.24) is 0 Å². The molecule has 0 amide bonds. The predicted octanol–water partition coefficient (Wildman–Crippen LogP) is 2.74. The first-order chi connectivity index (χ1) is 10.5. The SMILES string of the molecule is C[C@@]1(O)c2ccccc2N2[C@H]3Nc4ccccc4[C@@]3(C)O[C@@H]21. The number of aliphatic hydroxyl groups is 1. The highest BCUT2D eigenvalue weighted by molar-refractivity contribution is 5.71. The molecule has 0 aliphatic carbocycles. The first-order valence-electron chi connectivity index (χ1n) is 7.67. The summed E-state index contributed by atoms with van der Waals surface area (Å²) in [6, 6.07) is 16.3. The molecule has 2 N–H and O–H groups in total. The van der Waals surface area contributed by atoms with E-state index in [0.29, 0.717) is 0 Å². The number of nitrogens with zero attached hydrogens (tertiary/aromatic N) is 1. The normalized spacial score (nSPS) is 37.3. The second kappa shape index (κ2) is 3.65. The highest BCUT2D eigenvalue weighted by Crippen LogP contribution is 2.57. The third kappa shape index (κ3) is 1.22. The molecule has 2 aromatic carbocycles. The molecule has 1 saturated heterocycles. The Kier molecular flexibility index (Phi) is 2.07. The van der Waals surface area contributed by atoms with Crippen LogP contribution >= 0.6 is 0 Å². The molecule has 0 aromatic heterocycles. The number of hydrogen-bond acceptors (Lipinski definition) is 4. The molecule has 0 saturated carbocycles. The summed E-state index contributed by atoms with van der Waals surface area (Å²) in [7, 11) is 0. The third-order valence-corrected chi connectivity index (χ3v) is 5.37. The summed E-state index contributed by atoms with van der Waals surface area (Å²) in [6.07, 6.45) is -0.384. The van der Waals surface area contributed by atoms with Crippen LogP contribution in [0, 0.1) is 0 Å². The standard InChI is InChI=1S/C18H18N2O2/c1-17(21)12-8-4-6-10-14(12)20-15-18(2,22-16(17)20)11-7-3-5-9-13(11)19-15/h3-10,15-16,19,21H,1-2H3/t15-,16-,17-,18-/m1/s1. The molecule has 3 heterocycles. The third-order valence-electron chi connectivity index (χ3n) is 5.37. The van der Waals surface area contributed by atoms with Crippen molar-refractivity contribution < 1.29 is 9.84 Å². The number of hydrogen-bond donors (Lipinski definition) is 2. The first-order valence-corrected chi connectivity index (χ1v) is 7.67. The summed E-state index contributed by atoms with van der Waals surface area (Å²) in [5.41, 5.74) is 2.77. The number of rotatable bonds is 0. The van der Waals surface area contributed by atoms with Gasteiger partial charge in [-0.2, -0.15) is 0 Å². The maximum atomic E-state index is 11.0. The van der Waals surface area contributed by atoms with Crippen LogP contribution in [-0.4, -0.2) is 17.5 Å². The van der Waals surface area contributed by atoms with Crippen LogP contribution in [0.3, 0.4) is 0 Å². The Balaban J connectivity index is 1.71. The van der Waals surface area contributed by atoms with Crippen LogP contribution < -0.4 is 10.2 Å². The number of anilines is 2. The quantitative estimate of drug-likeness (QED) is 0.784. The van der Waals surface area contributed by atoms with Crippen LogP contribution in [0.2, 0.25) is 0 Å². The van der Waals surface area contributed by atoms with Crippen molar-refractivity contribution in [1.29, 1.82) is 0 Å². The molecule has 22 heavy (non-hydrogen) atoms. The summed E-state index contributed by atoms with van der Waals surface area (Å²) < 4.78 is 6.43. The van der Waals surface area contributed by atoms with Gasteiger partial charge in [0.2, 0.25) is 0 Å². The maximum absolute atomic E-state index is 11.0. The van der Waals surface area contributed by atoms with Gasteiger partial charge in [0.05, 0.1) is 0 Å². The van der Waals surface area contributed by atoms with Crippen LogP contribution in [0.1, 0.15) is 25.0 Å². The molecule has 112 valence electrons. The van der Waals surface area contributed by atoms with E-state index >= 15 is 0 Å². The molecular formula is C18H18N2O2. The van der Waals surface area contributed by atoms with Crippen LogP contribution in [0.4, 0.5) is 11.4 Å². The largest absolute Gasteiger partial charge is 0.381 e. The number of nitrogens with one attached hydrogen (secondary N) is 1. The van der Waals surface area contributed by atoms with Crippen molar-refractivity contribution in [3.05, 3.63) is 59.7 Å². The van der Waals surface area contributed by atoms with Crippen LogP contribution in [-0.2, 0) is 15.9 Å². The molecule has 3 aliphatic heterocycles. The Hall–Kier alpha value is -2.04. The molecule has 2 aromatic rings. The summed E-state index contributed by atoms with van der Waals surface area (Å²) in [5.74, 6) is 0. The van der Waals surface area contributed by atoms with Gasteiger partial charge >= 0.3 is 0 Å². The number of para-hydroxylation sites is 2. The fraction of sp³-hybridized carbons (Fsp3) is 0.333. The monoisotopic (exact) mass is 294 g/mol. The van der Waals surface area contributed by atoms with Gasteiger partial charge < -0.3 is 20.1 Å². The minimum absolute atomic E-state index is 0.00924. The van der Waals surface area contributed by atoms with E-state index in [9.17, 15) is 5.11 Å². The Morgan fingerprint density at radius 1 is 1.05 bits per heavy atom. The maximum Gasteiger partial charge on any atom is 0.166 e. The van der Waals surface area contributed by atoms with Crippen LogP contribution in [0.25, 0.3) is 0 Å². The Bertz CT molecular complexity index is 788. The summed E-state index contributed by atoms with van der Waals surface area (Å²) in [4.78, 5) is 2.19. The lowest BCUT2D eigenvalue weighted by molar-refractivity contribution is -0.124. The summed E-state index contributed by atoms with van der Waals surface area (Å²) in [6.45, 7) is 3.94. The van der Waals surface area contributed by atoms with Crippen LogP contribution in [0.5, 0.6) is 0 Å². The molecule has 0 unspecified atom stereocenters. The molecule has 0 spiro atoms. The van der Waals surface area contributed by atoms with E-state index < -0.39 is 11.2 Å². The molecular weight excluding hydrogens is 276 g/mol. The van der Waals surface area contributed by atoms with Crippen molar-refractivity contribution >= 4 is 11.4 Å². The van der Waals surface area contributed by atoms with Crippen LogP contribution in [0.15, 0.2) is 48.5 Å². The van der Waals surface area contributed by atoms with Gasteiger partial charge in [-0.3, -0.25) is 0 Å². The lowest BCUT2D eigenvalue weighted by Crippen LogP contribution is -2.45. The average molecular weight is 294 g/mol. The van der Waals surface area contributed by atoms with Gasteiger partial charge in [0.15, 0.2) is 6.23 Å². The Morgan fingerprint density at radius 3 is 2.55 bits per heavy atom. The fourth-order valence-corrected chi connectivity index (χ4v) is 4.27. The van der Waals surface area contributed by atoms with Gasteiger partial charge in [0.1, 0.15) is 17.4 Å². The van der Waals surface area contributed by atoms with E-state index in [2.05, 4.69) is 35.3 Å². The second-order valence-electron chi connectivity index (χ2n) is 6.74. The second-order valence-corrected chi connectivity index (χ2v) is 6.74. The molecule has 5 rings (SSSR count). The number of fused-ring (bicyclic) bond motifs is 7. The van der Waals surface area contributed by atoms with E-state index in [1.807, 2.05) is 37.3 Å². The van der Waals surface area contributed by atoms with Crippen molar-refractivity contribution in [2.24, 2.45) is 0 Å². The highest BCUT2D eigenvalue weighted by atomic mass is 16.6. The molecule has 4 heteroatoms. The molecule has 0 bridgehead atoms. The minimum Gasteiger partial charge on any atom is -0.381 e. The van der Waals surface area contributed by atoms with Gasteiger partial charge in [0.25, 0.3) is 0 Å². The van der Waals surface area contributed by atoms with Crippen molar-refractivity contribution in [3.8, 4) is 0 Å². The van der Waals surface area contributed by atoms with Crippen molar-refractivity contribution in [3.63, 3.8) is 0 Å². The van der Waals surface area contributed by atoms with Crippen molar-refractivity contribution in [2.75, 3.05) is 10.2 Å². The predicted molar refractivity (Wildman–Crippen MR) is 84.6 cm³/mol.